The molecule has 19 heavy (non-hydrogen) atoms. The van der Waals surface area contributed by atoms with Crippen LogP contribution in [-0.4, -0.2) is 21.2 Å². The lowest BCUT2D eigenvalue weighted by Crippen LogP contribution is -1.91. The van der Waals surface area contributed by atoms with E-state index in [9.17, 15) is 4.79 Å². The molecule has 1 aromatic carbocycles. The lowest BCUT2D eigenvalue weighted by atomic mass is 10.1. The van der Waals surface area contributed by atoms with E-state index in [1.807, 2.05) is 18.2 Å². The van der Waals surface area contributed by atoms with Gasteiger partial charge in [-0.1, -0.05) is 18.1 Å². The highest BCUT2D eigenvalue weighted by molar-refractivity contribution is 7.18. The van der Waals surface area contributed by atoms with Crippen LogP contribution in [0, 0.1) is 0 Å². The van der Waals surface area contributed by atoms with Crippen molar-refractivity contribution >= 4 is 27.5 Å². The largest absolute Gasteiger partial charge is 0.475 e. The maximum absolute atomic E-state index is 10.8. The molecule has 0 saturated heterocycles. The molecule has 0 atom stereocenters. The summed E-state index contributed by atoms with van der Waals surface area (Å²) in [6.07, 6.45) is 0.905. The summed E-state index contributed by atoms with van der Waals surface area (Å²) in [5, 5.41) is 13.7. The van der Waals surface area contributed by atoms with Crippen molar-refractivity contribution in [3.63, 3.8) is 0 Å². The second-order valence-electron chi connectivity index (χ2n) is 4.03. The van der Waals surface area contributed by atoms with Gasteiger partial charge in [-0.15, -0.1) is 11.3 Å². The highest BCUT2D eigenvalue weighted by atomic mass is 32.1. The lowest BCUT2D eigenvalue weighted by molar-refractivity contribution is 0.0652. The molecule has 3 aromatic rings. The number of hydrogen-bond donors (Lipinski definition) is 1. The quantitative estimate of drug-likeness (QED) is 0.793. The summed E-state index contributed by atoms with van der Waals surface area (Å²) in [7, 11) is 0. The van der Waals surface area contributed by atoms with Crippen molar-refractivity contribution in [2.45, 2.75) is 13.3 Å². The van der Waals surface area contributed by atoms with Crippen LogP contribution in [0.3, 0.4) is 0 Å². The topological polar surface area (TPSA) is 76.2 Å². The number of carboxylic acid groups (broad SMARTS) is 1. The Labute approximate surface area is 112 Å². The molecule has 2 heterocycles. The Kier molecular flexibility index (Phi) is 2.79. The van der Waals surface area contributed by atoms with Crippen LogP contribution in [0.1, 0.15) is 22.5 Å². The molecule has 6 heteroatoms. The van der Waals surface area contributed by atoms with Crippen LogP contribution in [0.25, 0.3) is 21.5 Å². The second kappa shape index (κ2) is 4.47. The van der Waals surface area contributed by atoms with Crippen LogP contribution in [0.15, 0.2) is 28.8 Å². The molecule has 0 fully saturated rings. The van der Waals surface area contributed by atoms with E-state index in [1.165, 1.54) is 6.07 Å². The molecule has 96 valence electrons. The molecular formula is C13H10N2O3S. The summed E-state index contributed by atoms with van der Waals surface area (Å²) < 4.78 is 5.82. The van der Waals surface area contributed by atoms with Crippen LogP contribution in [0.4, 0.5) is 0 Å². The Morgan fingerprint density at radius 1 is 1.42 bits per heavy atom. The zero-order chi connectivity index (χ0) is 13.4. The molecule has 0 aliphatic carbocycles. The van der Waals surface area contributed by atoms with E-state index in [4.69, 9.17) is 9.63 Å². The van der Waals surface area contributed by atoms with Crippen molar-refractivity contribution in [2.24, 2.45) is 0 Å². The monoisotopic (exact) mass is 274 g/mol. The van der Waals surface area contributed by atoms with Crippen LogP contribution in [0.5, 0.6) is 0 Å². The first-order chi connectivity index (χ1) is 9.17. The first kappa shape index (κ1) is 11.9. The van der Waals surface area contributed by atoms with Crippen LogP contribution in [-0.2, 0) is 6.42 Å². The fourth-order valence-corrected chi connectivity index (χ4v) is 2.74. The summed E-state index contributed by atoms with van der Waals surface area (Å²) in [6, 6.07) is 7.15. The van der Waals surface area contributed by atoms with Gasteiger partial charge in [-0.3, -0.25) is 0 Å². The molecule has 0 aliphatic heterocycles. The molecule has 0 aliphatic rings. The predicted molar refractivity (Wildman–Crippen MR) is 71.5 cm³/mol. The number of benzene rings is 1. The zero-order valence-corrected chi connectivity index (χ0v) is 10.9. The van der Waals surface area contributed by atoms with Gasteiger partial charge >= 0.3 is 5.97 Å². The van der Waals surface area contributed by atoms with Gasteiger partial charge in [0, 0.05) is 11.6 Å². The number of carboxylic acids is 1. The first-order valence-electron chi connectivity index (χ1n) is 5.77. The Hall–Kier alpha value is -2.21. The molecule has 0 amide bonds. The standard InChI is InChI=1S/C13H10N2O3S/c1-2-12-14-8-4-3-7(5-11(8)19-12)9-6-10(13(16)17)18-15-9/h3-6H,2H2,1H3,(H,16,17). The molecule has 1 N–H and O–H groups in total. The summed E-state index contributed by atoms with van der Waals surface area (Å²) in [5.74, 6) is -1.28. The van der Waals surface area contributed by atoms with E-state index in [1.54, 1.807) is 11.3 Å². The van der Waals surface area contributed by atoms with Gasteiger partial charge in [0.15, 0.2) is 0 Å². The van der Waals surface area contributed by atoms with Crippen molar-refractivity contribution in [3.8, 4) is 11.3 Å². The Balaban J connectivity index is 2.06. The zero-order valence-electron chi connectivity index (χ0n) is 10.1. The van der Waals surface area contributed by atoms with Gasteiger partial charge in [0.2, 0.25) is 5.76 Å². The number of nitrogens with zero attached hydrogens (tertiary/aromatic N) is 2. The number of hydrogen-bond acceptors (Lipinski definition) is 5. The normalized spacial score (nSPS) is 11.0. The van der Waals surface area contributed by atoms with Gasteiger partial charge in [0.05, 0.1) is 15.2 Å². The van der Waals surface area contributed by atoms with Gasteiger partial charge in [0.25, 0.3) is 0 Å². The third-order valence-corrected chi connectivity index (χ3v) is 3.91. The third-order valence-electron chi connectivity index (χ3n) is 2.75. The number of aromatic carboxylic acids is 1. The van der Waals surface area contributed by atoms with E-state index >= 15 is 0 Å². The SMILES string of the molecule is CCc1nc2ccc(-c3cc(C(=O)O)on3)cc2s1. The highest BCUT2D eigenvalue weighted by Crippen LogP contribution is 2.28. The maximum atomic E-state index is 10.8. The molecule has 3 rings (SSSR count). The van der Waals surface area contributed by atoms with Crippen LogP contribution >= 0.6 is 11.3 Å². The van der Waals surface area contributed by atoms with Gasteiger partial charge in [-0.2, -0.15) is 0 Å². The Morgan fingerprint density at radius 2 is 2.26 bits per heavy atom. The average Bonchev–Trinajstić information content (AvgIpc) is 3.04. The number of fused-ring (bicyclic) bond motifs is 1. The molecule has 0 unspecified atom stereocenters. The number of aromatic nitrogens is 2. The van der Waals surface area contributed by atoms with Gasteiger partial charge in [0.1, 0.15) is 5.69 Å². The maximum Gasteiger partial charge on any atom is 0.374 e. The van der Waals surface area contributed by atoms with Crippen molar-refractivity contribution in [1.82, 2.24) is 10.1 Å². The smallest absolute Gasteiger partial charge is 0.374 e. The molecule has 0 spiro atoms. The minimum atomic E-state index is -1.12. The third kappa shape index (κ3) is 2.10. The van der Waals surface area contributed by atoms with Gasteiger partial charge in [-0.25, -0.2) is 9.78 Å². The van der Waals surface area contributed by atoms with Crippen molar-refractivity contribution in [2.75, 3.05) is 0 Å². The van der Waals surface area contributed by atoms with Gasteiger partial charge < -0.3 is 9.63 Å². The molecule has 0 saturated carbocycles. The number of aryl methyl sites for hydroxylation is 1. The molecular weight excluding hydrogens is 264 g/mol. The first-order valence-corrected chi connectivity index (χ1v) is 6.59. The number of carbonyl (C=O) groups is 1. The summed E-state index contributed by atoms with van der Waals surface area (Å²) in [4.78, 5) is 15.2. The fraction of sp³-hybridized carbons (Fsp3) is 0.154. The fourth-order valence-electron chi connectivity index (χ4n) is 1.79. The number of rotatable bonds is 3. The van der Waals surface area contributed by atoms with Crippen molar-refractivity contribution < 1.29 is 14.4 Å². The summed E-state index contributed by atoms with van der Waals surface area (Å²) >= 11 is 1.63. The lowest BCUT2D eigenvalue weighted by Gasteiger charge is -1.94. The van der Waals surface area contributed by atoms with Crippen molar-refractivity contribution in [1.29, 1.82) is 0 Å². The summed E-state index contributed by atoms with van der Waals surface area (Å²) in [5.41, 5.74) is 2.30. The van der Waals surface area contributed by atoms with E-state index in [0.29, 0.717) is 5.69 Å². The molecule has 0 radical (unpaired) electrons. The molecule has 5 nitrogen and oxygen atoms in total. The molecule has 2 aromatic heterocycles. The average molecular weight is 274 g/mol. The van der Waals surface area contributed by atoms with E-state index in [2.05, 4.69) is 17.1 Å². The van der Waals surface area contributed by atoms with Gasteiger partial charge in [-0.05, 0) is 18.6 Å². The summed E-state index contributed by atoms with van der Waals surface area (Å²) in [6.45, 7) is 2.06. The predicted octanol–water partition coefficient (Wildman–Crippen LogP) is 3.21. The van der Waals surface area contributed by atoms with Crippen LogP contribution < -0.4 is 0 Å². The minimum absolute atomic E-state index is 0.159. The minimum Gasteiger partial charge on any atom is -0.475 e. The van der Waals surface area contributed by atoms with E-state index in [0.717, 1.165) is 27.2 Å². The molecule has 0 bridgehead atoms. The van der Waals surface area contributed by atoms with E-state index < -0.39 is 5.97 Å². The highest BCUT2D eigenvalue weighted by Gasteiger charge is 2.13. The number of thiazole rings is 1. The van der Waals surface area contributed by atoms with Crippen LogP contribution in [0.2, 0.25) is 0 Å². The Morgan fingerprint density at radius 3 is 2.95 bits per heavy atom. The second-order valence-corrected chi connectivity index (χ2v) is 5.14. The van der Waals surface area contributed by atoms with Crippen molar-refractivity contribution in [3.05, 3.63) is 35.0 Å². The van der Waals surface area contributed by atoms with E-state index in [-0.39, 0.29) is 5.76 Å². The Bertz CT molecular complexity index is 760.